The summed E-state index contributed by atoms with van der Waals surface area (Å²) in [5.41, 5.74) is 1.96. The summed E-state index contributed by atoms with van der Waals surface area (Å²) in [6.07, 6.45) is 5.02. The Morgan fingerprint density at radius 3 is 2.91 bits per heavy atom. The first kappa shape index (κ1) is 15.8. The molecular formula is C16H15N3O2S2. The average Bonchev–Trinajstić information content (AvgIpc) is 3.26. The van der Waals surface area contributed by atoms with Crippen molar-refractivity contribution in [3.05, 3.63) is 58.0 Å². The Balaban J connectivity index is 1.78. The van der Waals surface area contributed by atoms with E-state index in [9.17, 15) is 9.90 Å². The van der Waals surface area contributed by atoms with Crippen LogP contribution in [0.3, 0.4) is 0 Å². The van der Waals surface area contributed by atoms with Gasteiger partial charge in [0.05, 0.1) is 12.8 Å². The van der Waals surface area contributed by atoms with Crippen LogP contribution >= 0.6 is 22.7 Å². The average molecular weight is 345 g/mol. The van der Waals surface area contributed by atoms with Gasteiger partial charge in [-0.05, 0) is 23.1 Å². The Morgan fingerprint density at radius 1 is 1.30 bits per heavy atom. The van der Waals surface area contributed by atoms with Gasteiger partial charge in [-0.15, -0.1) is 11.3 Å². The molecule has 3 rings (SSSR count). The summed E-state index contributed by atoms with van der Waals surface area (Å²) in [4.78, 5) is 23.3. The number of hydrogen-bond acceptors (Lipinski definition) is 6. The largest absolute Gasteiger partial charge is 0.395 e. The maximum Gasteiger partial charge on any atom is 0.265 e. The minimum Gasteiger partial charge on any atom is -0.395 e. The van der Waals surface area contributed by atoms with Gasteiger partial charge < -0.3 is 10.0 Å². The molecule has 0 saturated carbocycles. The number of thiazole rings is 1. The van der Waals surface area contributed by atoms with Crippen LogP contribution in [0.25, 0.3) is 10.6 Å². The lowest BCUT2D eigenvalue weighted by atomic mass is 10.2. The van der Waals surface area contributed by atoms with Crippen molar-refractivity contribution in [2.24, 2.45) is 0 Å². The molecular weight excluding hydrogens is 330 g/mol. The Bertz CT molecular complexity index is 757. The number of carbonyl (C=O) groups is 1. The first-order valence-electron chi connectivity index (χ1n) is 7.05. The number of carbonyl (C=O) groups excluding carboxylic acids is 1. The molecule has 0 spiro atoms. The van der Waals surface area contributed by atoms with Gasteiger partial charge in [-0.3, -0.25) is 9.78 Å². The maximum absolute atomic E-state index is 12.7. The topological polar surface area (TPSA) is 66.3 Å². The molecule has 1 N–H and O–H groups in total. The predicted molar refractivity (Wildman–Crippen MR) is 91.5 cm³/mol. The summed E-state index contributed by atoms with van der Waals surface area (Å²) in [5, 5.41) is 14.1. The van der Waals surface area contributed by atoms with Crippen molar-refractivity contribution in [2.45, 2.75) is 6.54 Å². The third-order valence-electron chi connectivity index (χ3n) is 3.24. The number of aliphatic hydroxyl groups is 1. The van der Waals surface area contributed by atoms with Crippen LogP contribution in [0.2, 0.25) is 0 Å². The van der Waals surface area contributed by atoms with Crippen molar-refractivity contribution in [3.8, 4) is 10.6 Å². The van der Waals surface area contributed by atoms with Gasteiger partial charge in [0.25, 0.3) is 5.91 Å². The van der Waals surface area contributed by atoms with E-state index in [1.54, 1.807) is 34.8 Å². The zero-order valence-corrected chi connectivity index (χ0v) is 13.9. The fraction of sp³-hybridized carbons (Fsp3) is 0.188. The molecule has 3 aromatic rings. The highest BCUT2D eigenvalue weighted by Gasteiger charge is 2.19. The molecule has 23 heavy (non-hydrogen) atoms. The molecule has 0 unspecified atom stereocenters. The number of pyridine rings is 1. The molecule has 0 bridgehead atoms. The van der Waals surface area contributed by atoms with Crippen molar-refractivity contribution >= 4 is 28.6 Å². The van der Waals surface area contributed by atoms with Crippen LogP contribution in [-0.2, 0) is 6.54 Å². The molecule has 0 saturated heterocycles. The molecule has 0 aliphatic heterocycles. The summed E-state index contributed by atoms with van der Waals surface area (Å²) >= 11 is 2.97. The van der Waals surface area contributed by atoms with Crippen molar-refractivity contribution in [3.63, 3.8) is 0 Å². The zero-order valence-electron chi connectivity index (χ0n) is 12.3. The quantitative estimate of drug-likeness (QED) is 0.746. The fourth-order valence-corrected chi connectivity index (χ4v) is 3.73. The highest BCUT2D eigenvalue weighted by molar-refractivity contribution is 7.17. The molecule has 0 atom stereocenters. The van der Waals surface area contributed by atoms with E-state index in [-0.39, 0.29) is 19.1 Å². The summed E-state index contributed by atoms with van der Waals surface area (Å²) in [5.74, 6) is -0.123. The van der Waals surface area contributed by atoms with Crippen LogP contribution in [-0.4, -0.2) is 39.0 Å². The lowest BCUT2D eigenvalue weighted by molar-refractivity contribution is 0.0712. The lowest BCUT2D eigenvalue weighted by Crippen LogP contribution is -2.32. The maximum atomic E-state index is 12.7. The van der Waals surface area contributed by atoms with Gasteiger partial charge in [-0.25, -0.2) is 4.98 Å². The van der Waals surface area contributed by atoms with Crippen LogP contribution in [0, 0.1) is 0 Å². The second-order valence-corrected chi connectivity index (χ2v) is 6.66. The molecule has 0 aliphatic carbocycles. The SMILES string of the molecule is O=C(c1cnc(-c2ccsc2)s1)N(CCO)Cc1cccnc1. The monoisotopic (exact) mass is 345 g/mol. The molecule has 7 heteroatoms. The standard InChI is InChI=1S/C16H15N3O2S2/c20-6-5-19(10-12-2-1-4-17-8-12)16(21)14-9-18-15(23-14)13-3-7-22-11-13/h1-4,7-9,11,20H,5-6,10H2. The summed E-state index contributed by atoms with van der Waals surface area (Å²) in [6, 6.07) is 5.73. The Hall–Kier alpha value is -2.09. The number of aliphatic hydroxyl groups excluding tert-OH is 1. The van der Waals surface area contributed by atoms with E-state index in [0.717, 1.165) is 16.1 Å². The van der Waals surface area contributed by atoms with E-state index in [0.29, 0.717) is 11.4 Å². The molecule has 3 heterocycles. The summed E-state index contributed by atoms with van der Waals surface area (Å²) < 4.78 is 0. The number of thiophene rings is 1. The van der Waals surface area contributed by atoms with Crippen LogP contribution in [0.1, 0.15) is 15.2 Å². The highest BCUT2D eigenvalue weighted by atomic mass is 32.1. The molecule has 0 aromatic carbocycles. The van der Waals surface area contributed by atoms with Crippen LogP contribution < -0.4 is 0 Å². The van der Waals surface area contributed by atoms with Crippen molar-refractivity contribution in [2.75, 3.05) is 13.2 Å². The van der Waals surface area contributed by atoms with Gasteiger partial charge in [0.1, 0.15) is 9.88 Å². The summed E-state index contributed by atoms with van der Waals surface area (Å²) in [7, 11) is 0. The van der Waals surface area contributed by atoms with Crippen molar-refractivity contribution in [1.29, 1.82) is 0 Å². The normalized spacial score (nSPS) is 10.7. The molecule has 0 fully saturated rings. The first-order valence-corrected chi connectivity index (χ1v) is 8.81. The van der Waals surface area contributed by atoms with Gasteiger partial charge in [0.15, 0.2) is 0 Å². The molecule has 118 valence electrons. The number of amides is 1. The van der Waals surface area contributed by atoms with Crippen LogP contribution in [0.5, 0.6) is 0 Å². The van der Waals surface area contributed by atoms with E-state index < -0.39 is 0 Å². The van der Waals surface area contributed by atoms with Gasteiger partial charge in [-0.2, -0.15) is 11.3 Å². The third kappa shape index (κ3) is 3.82. The lowest BCUT2D eigenvalue weighted by Gasteiger charge is -2.20. The second kappa shape index (κ2) is 7.45. The number of hydrogen-bond donors (Lipinski definition) is 1. The predicted octanol–water partition coefficient (Wildman–Crippen LogP) is 2.90. The Labute approximate surface area is 141 Å². The van der Waals surface area contributed by atoms with Crippen LogP contribution in [0.15, 0.2) is 47.5 Å². The molecule has 0 aliphatic rings. The number of rotatable bonds is 6. The van der Waals surface area contributed by atoms with Gasteiger partial charge >= 0.3 is 0 Å². The van der Waals surface area contributed by atoms with Gasteiger partial charge in [-0.1, -0.05) is 6.07 Å². The van der Waals surface area contributed by atoms with E-state index >= 15 is 0 Å². The van der Waals surface area contributed by atoms with E-state index in [2.05, 4.69) is 9.97 Å². The van der Waals surface area contributed by atoms with E-state index in [4.69, 9.17) is 0 Å². The minimum absolute atomic E-state index is 0.0812. The molecule has 5 nitrogen and oxygen atoms in total. The minimum atomic E-state index is -0.123. The molecule has 3 aromatic heterocycles. The Morgan fingerprint density at radius 2 is 2.22 bits per heavy atom. The van der Waals surface area contributed by atoms with Crippen molar-refractivity contribution in [1.82, 2.24) is 14.9 Å². The number of aromatic nitrogens is 2. The van der Waals surface area contributed by atoms with Gasteiger partial charge in [0.2, 0.25) is 0 Å². The van der Waals surface area contributed by atoms with Crippen molar-refractivity contribution < 1.29 is 9.90 Å². The van der Waals surface area contributed by atoms with E-state index in [1.165, 1.54) is 11.3 Å². The smallest absolute Gasteiger partial charge is 0.265 e. The Kier molecular flexibility index (Phi) is 5.12. The number of nitrogens with zero attached hydrogens (tertiary/aromatic N) is 3. The molecule has 1 amide bonds. The summed E-state index contributed by atoms with van der Waals surface area (Å²) in [6.45, 7) is 0.612. The zero-order chi connectivity index (χ0) is 16.1. The van der Waals surface area contributed by atoms with Crippen LogP contribution in [0.4, 0.5) is 0 Å². The molecule has 0 radical (unpaired) electrons. The van der Waals surface area contributed by atoms with E-state index in [1.807, 2.05) is 29.0 Å². The van der Waals surface area contributed by atoms with Gasteiger partial charge in [0, 0.05) is 36.4 Å². The highest BCUT2D eigenvalue weighted by Crippen LogP contribution is 2.27. The second-order valence-electron chi connectivity index (χ2n) is 4.85. The first-order chi connectivity index (χ1) is 11.3. The third-order valence-corrected chi connectivity index (χ3v) is 4.96. The fourth-order valence-electron chi connectivity index (χ4n) is 2.13.